The summed E-state index contributed by atoms with van der Waals surface area (Å²) in [4.78, 5) is 2.17. The van der Waals surface area contributed by atoms with Gasteiger partial charge in [-0.3, -0.25) is 4.90 Å². The molecule has 4 nitrogen and oxygen atoms in total. The van der Waals surface area contributed by atoms with Gasteiger partial charge in [-0.05, 0) is 36.2 Å². The third-order valence-electron chi connectivity index (χ3n) is 4.20. The lowest BCUT2D eigenvalue weighted by molar-refractivity contribution is 0.0602. The molecule has 0 bridgehead atoms. The van der Waals surface area contributed by atoms with Crippen LogP contribution in [0.25, 0.3) is 0 Å². The average Bonchev–Trinajstić information content (AvgIpc) is 3.15. The highest BCUT2D eigenvalue weighted by atomic mass is 16.5. The molecule has 0 aliphatic heterocycles. The van der Waals surface area contributed by atoms with Crippen LogP contribution in [0.2, 0.25) is 0 Å². The number of para-hydroxylation sites is 1. The molecule has 1 atom stereocenters. The minimum atomic E-state index is -0.590. The van der Waals surface area contributed by atoms with E-state index in [0.29, 0.717) is 13.1 Å². The van der Waals surface area contributed by atoms with E-state index in [0.717, 1.165) is 23.6 Å². The van der Waals surface area contributed by atoms with Gasteiger partial charge in [0.2, 0.25) is 0 Å². The topological polar surface area (TPSA) is 45.8 Å². The molecule has 136 valence electrons. The molecule has 0 spiro atoms. The number of aliphatic hydroxyl groups is 1. The minimum Gasteiger partial charge on any atom is -0.491 e. The van der Waals surface area contributed by atoms with Gasteiger partial charge >= 0.3 is 0 Å². The molecule has 2 aromatic carbocycles. The zero-order chi connectivity index (χ0) is 18.2. The van der Waals surface area contributed by atoms with Crippen LogP contribution in [0.5, 0.6) is 5.75 Å². The van der Waals surface area contributed by atoms with E-state index < -0.39 is 6.10 Å². The largest absolute Gasteiger partial charge is 0.491 e. The second-order valence-corrected chi connectivity index (χ2v) is 6.46. The number of furan rings is 1. The molecule has 4 heteroatoms. The van der Waals surface area contributed by atoms with Crippen molar-refractivity contribution >= 4 is 0 Å². The maximum atomic E-state index is 10.5. The van der Waals surface area contributed by atoms with Gasteiger partial charge in [-0.1, -0.05) is 48.5 Å². The maximum absolute atomic E-state index is 10.5. The Morgan fingerprint density at radius 3 is 2.46 bits per heavy atom. The summed E-state index contributed by atoms with van der Waals surface area (Å²) in [6, 6.07) is 21.9. The second kappa shape index (κ2) is 9.22. The number of nitrogens with zero attached hydrogens (tertiary/aromatic N) is 1. The first-order valence-electron chi connectivity index (χ1n) is 8.86. The molecule has 1 aromatic heterocycles. The van der Waals surface area contributed by atoms with Crippen molar-refractivity contribution in [1.82, 2.24) is 4.90 Å². The summed E-state index contributed by atoms with van der Waals surface area (Å²) in [7, 11) is 0. The molecule has 3 aromatic rings. The van der Waals surface area contributed by atoms with Crippen LogP contribution in [0.3, 0.4) is 0 Å². The maximum Gasteiger partial charge on any atom is 0.122 e. The van der Waals surface area contributed by atoms with Crippen LogP contribution >= 0.6 is 0 Å². The number of benzene rings is 2. The van der Waals surface area contributed by atoms with Gasteiger partial charge in [0.05, 0.1) is 12.8 Å². The Hall–Kier alpha value is -2.56. The molecule has 0 aliphatic rings. The normalized spacial score (nSPS) is 12.3. The molecule has 0 aliphatic carbocycles. The highest BCUT2D eigenvalue weighted by molar-refractivity contribution is 5.31. The van der Waals surface area contributed by atoms with Gasteiger partial charge in [0.1, 0.15) is 24.2 Å². The molecule has 0 saturated heterocycles. The zero-order valence-corrected chi connectivity index (χ0v) is 15.0. The van der Waals surface area contributed by atoms with Gasteiger partial charge in [-0.15, -0.1) is 0 Å². The fraction of sp³-hybridized carbons (Fsp3) is 0.273. The quantitative estimate of drug-likeness (QED) is 0.632. The van der Waals surface area contributed by atoms with Crippen molar-refractivity contribution in [3.8, 4) is 5.75 Å². The summed E-state index contributed by atoms with van der Waals surface area (Å²) in [5.41, 5.74) is 2.27. The van der Waals surface area contributed by atoms with E-state index >= 15 is 0 Å². The third-order valence-corrected chi connectivity index (χ3v) is 4.20. The first kappa shape index (κ1) is 18.2. The Balaban J connectivity index is 1.59. The summed E-state index contributed by atoms with van der Waals surface area (Å²) >= 11 is 0. The van der Waals surface area contributed by atoms with Crippen molar-refractivity contribution in [2.45, 2.75) is 26.1 Å². The Morgan fingerprint density at radius 2 is 1.73 bits per heavy atom. The number of aliphatic hydroxyl groups excluding tert-OH is 1. The molecule has 0 amide bonds. The van der Waals surface area contributed by atoms with E-state index in [4.69, 9.17) is 9.15 Å². The molecule has 26 heavy (non-hydrogen) atoms. The zero-order valence-electron chi connectivity index (χ0n) is 15.0. The van der Waals surface area contributed by atoms with Crippen molar-refractivity contribution in [2.75, 3.05) is 13.2 Å². The van der Waals surface area contributed by atoms with Gasteiger partial charge in [0, 0.05) is 13.1 Å². The molecule has 0 unspecified atom stereocenters. The van der Waals surface area contributed by atoms with E-state index in [2.05, 4.69) is 17.0 Å². The Bertz CT molecular complexity index is 771. The molecule has 0 fully saturated rings. The lowest BCUT2D eigenvalue weighted by Crippen LogP contribution is -2.35. The first-order valence-corrected chi connectivity index (χ1v) is 8.86. The Morgan fingerprint density at radius 1 is 0.962 bits per heavy atom. The second-order valence-electron chi connectivity index (χ2n) is 6.46. The summed E-state index contributed by atoms with van der Waals surface area (Å²) in [5.74, 6) is 1.69. The van der Waals surface area contributed by atoms with Crippen LogP contribution < -0.4 is 4.74 Å². The number of hydrogen-bond acceptors (Lipinski definition) is 4. The van der Waals surface area contributed by atoms with Crippen molar-refractivity contribution in [3.05, 3.63) is 89.9 Å². The van der Waals surface area contributed by atoms with E-state index in [9.17, 15) is 5.11 Å². The van der Waals surface area contributed by atoms with Crippen LogP contribution in [0.15, 0.2) is 77.4 Å². The van der Waals surface area contributed by atoms with Crippen LogP contribution in [0.4, 0.5) is 0 Å². The Labute approximate surface area is 154 Å². The average molecular weight is 351 g/mol. The molecule has 0 radical (unpaired) electrons. The van der Waals surface area contributed by atoms with E-state index in [-0.39, 0.29) is 6.61 Å². The molecule has 1 N–H and O–H groups in total. The van der Waals surface area contributed by atoms with E-state index in [1.165, 1.54) is 5.56 Å². The first-order chi connectivity index (χ1) is 12.7. The highest BCUT2D eigenvalue weighted by Crippen LogP contribution is 2.17. The fourth-order valence-electron chi connectivity index (χ4n) is 2.90. The van der Waals surface area contributed by atoms with Crippen molar-refractivity contribution in [2.24, 2.45) is 0 Å². The summed E-state index contributed by atoms with van der Waals surface area (Å²) in [5, 5.41) is 10.5. The van der Waals surface area contributed by atoms with Gasteiger partial charge < -0.3 is 14.3 Å². The smallest absolute Gasteiger partial charge is 0.122 e. The van der Waals surface area contributed by atoms with Crippen LogP contribution in [0, 0.1) is 6.92 Å². The molecule has 3 rings (SSSR count). The van der Waals surface area contributed by atoms with E-state index in [1.54, 1.807) is 6.26 Å². The van der Waals surface area contributed by atoms with Gasteiger partial charge in [-0.2, -0.15) is 0 Å². The van der Waals surface area contributed by atoms with Gasteiger partial charge in [-0.25, -0.2) is 0 Å². The van der Waals surface area contributed by atoms with Crippen molar-refractivity contribution < 1.29 is 14.3 Å². The summed E-state index contributed by atoms with van der Waals surface area (Å²) < 4.78 is 11.3. The molecular weight excluding hydrogens is 326 g/mol. The SMILES string of the molecule is Cc1ccccc1OC[C@H](O)CN(Cc1ccccc1)Cc1ccco1. The monoisotopic (exact) mass is 351 g/mol. The summed E-state index contributed by atoms with van der Waals surface area (Å²) in [6.07, 6.45) is 1.08. The third kappa shape index (κ3) is 5.48. The highest BCUT2D eigenvalue weighted by Gasteiger charge is 2.15. The van der Waals surface area contributed by atoms with Gasteiger partial charge in [0.15, 0.2) is 0 Å². The van der Waals surface area contributed by atoms with E-state index in [1.807, 2.05) is 61.5 Å². The Kier molecular flexibility index (Phi) is 6.47. The van der Waals surface area contributed by atoms with Crippen LogP contribution in [-0.2, 0) is 13.1 Å². The summed E-state index contributed by atoms with van der Waals surface area (Å²) in [6.45, 7) is 4.14. The fourth-order valence-corrected chi connectivity index (χ4v) is 2.90. The van der Waals surface area contributed by atoms with Crippen molar-refractivity contribution in [1.29, 1.82) is 0 Å². The van der Waals surface area contributed by atoms with Crippen molar-refractivity contribution in [3.63, 3.8) is 0 Å². The predicted molar refractivity (Wildman–Crippen MR) is 102 cm³/mol. The number of ether oxygens (including phenoxy) is 1. The van der Waals surface area contributed by atoms with Crippen LogP contribution in [-0.4, -0.2) is 29.3 Å². The number of aryl methyl sites for hydroxylation is 1. The van der Waals surface area contributed by atoms with Gasteiger partial charge in [0.25, 0.3) is 0 Å². The molecule has 1 heterocycles. The minimum absolute atomic E-state index is 0.258. The molecular formula is C22H25NO3. The number of rotatable bonds is 9. The number of hydrogen-bond donors (Lipinski definition) is 1. The standard InChI is InChI=1S/C22H25NO3/c1-18-8-5-6-12-22(18)26-17-20(24)15-23(16-21-11-7-13-25-21)14-19-9-3-2-4-10-19/h2-13,20,24H,14-17H2,1H3/t20-/m1/s1. The lowest BCUT2D eigenvalue weighted by atomic mass is 10.2. The van der Waals surface area contributed by atoms with Crippen LogP contribution in [0.1, 0.15) is 16.9 Å². The molecule has 0 saturated carbocycles. The lowest BCUT2D eigenvalue weighted by Gasteiger charge is -2.24. The predicted octanol–water partition coefficient (Wildman–Crippen LogP) is 4.03.